The Labute approximate surface area is 120 Å². The van der Waals surface area contributed by atoms with E-state index < -0.39 is 12.0 Å². The Morgan fingerprint density at radius 1 is 1.39 bits per heavy atom. The molecule has 1 amide bonds. The van der Waals surface area contributed by atoms with Crippen LogP contribution in [0.4, 0.5) is 0 Å². The minimum atomic E-state index is -0.764. The van der Waals surface area contributed by atoms with Crippen LogP contribution in [0.2, 0.25) is 0 Å². The molecule has 0 rings (SSSR count). The molecule has 0 heterocycles. The number of hydrogen-bond acceptors (Lipinski definition) is 5. The van der Waals surface area contributed by atoms with Crippen molar-refractivity contribution in [3.8, 4) is 0 Å². The summed E-state index contributed by atoms with van der Waals surface area (Å²) in [5, 5.41) is 3.26. The summed E-state index contributed by atoms with van der Waals surface area (Å²) in [6.45, 7) is 3.26. The van der Waals surface area contributed by atoms with Crippen LogP contribution in [0, 0.1) is 0 Å². The Kier molecular flexibility index (Phi) is 10.0. The van der Waals surface area contributed by atoms with Crippen molar-refractivity contribution in [2.45, 2.75) is 32.7 Å². The third-order valence-corrected chi connectivity index (χ3v) is 3.46. The van der Waals surface area contributed by atoms with Crippen molar-refractivity contribution >= 4 is 44.7 Å². The Bertz CT molecular complexity index is 299. The van der Waals surface area contributed by atoms with Crippen LogP contribution in [0.15, 0.2) is 0 Å². The van der Waals surface area contributed by atoms with Gasteiger partial charge in [-0.25, -0.2) is 4.79 Å². The van der Waals surface area contributed by atoms with Crippen LogP contribution in [0.3, 0.4) is 0 Å². The number of esters is 1. The van der Waals surface area contributed by atoms with Gasteiger partial charge < -0.3 is 10.1 Å². The quantitative estimate of drug-likeness (QED) is 0.535. The van der Waals surface area contributed by atoms with E-state index in [-0.39, 0.29) is 23.4 Å². The van der Waals surface area contributed by atoms with E-state index in [0.29, 0.717) is 6.42 Å². The normalized spacial score (nSPS) is 11.7. The first kappa shape index (κ1) is 17.4. The third-order valence-electron chi connectivity index (χ3n) is 1.87. The fourth-order valence-corrected chi connectivity index (χ4v) is 2.26. The predicted octanol–water partition coefficient (Wildman–Crippen LogP) is 1.49. The van der Waals surface area contributed by atoms with Gasteiger partial charge in [0.1, 0.15) is 6.04 Å². The standard InChI is InChI=1S/C11H18BrNO4S/c1-3-17-11(16)9(13-8(2)14)7-18-10(15)5-4-6-12/h9H,3-7H2,1-2H3,(H,13,14). The molecule has 0 spiro atoms. The second-order valence-electron chi connectivity index (χ2n) is 3.48. The van der Waals surface area contributed by atoms with E-state index in [4.69, 9.17) is 4.74 Å². The molecule has 0 saturated carbocycles. The van der Waals surface area contributed by atoms with Gasteiger partial charge in [-0.1, -0.05) is 27.7 Å². The van der Waals surface area contributed by atoms with Gasteiger partial charge in [-0.15, -0.1) is 0 Å². The molecule has 0 aromatic heterocycles. The Morgan fingerprint density at radius 3 is 2.56 bits per heavy atom. The molecule has 0 aliphatic carbocycles. The number of carbonyl (C=O) groups is 3. The molecule has 0 fully saturated rings. The molecule has 1 atom stereocenters. The summed E-state index contributed by atoms with van der Waals surface area (Å²) in [6, 6.07) is -0.764. The highest BCUT2D eigenvalue weighted by molar-refractivity contribution is 9.09. The number of alkyl halides is 1. The average Bonchev–Trinajstić information content (AvgIpc) is 2.31. The average molecular weight is 340 g/mol. The maximum absolute atomic E-state index is 11.5. The number of ether oxygens (including phenoxy) is 1. The first-order valence-corrected chi connectivity index (χ1v) is 7.77. The van der Waals surface area contributed by atoms with Crippen LogP contribution in [0.25, 0.3) is 0 Å². The molecule has 0 aliphatic rings. The molecule has 0 bridgehead atoms. The molecule has 0 radical (unpaired) electrons. The van der Waals surface area contributed by atoms with E-state index in [0.717, 1.165) is 23.5 Å². The first-order chi connectivity index (χ1) is 8.51. The van der Waals surface area contributed by atoms with Crippen molar-refractivity contribution in [3.63, 3.8) is 0 Å². The summed E-state index contributed by atoms with van der Waals surface area (Å²) in [5.74, 6) is -0.616. The summed E-state index contributed by atoms with van der Waals surface area (Å²) in [5.41, 5.74) is 0. The number of rotatable bonds is 8. The summed E-state index contributed by atoms with van der Waals surface area (Å²) < 4.78 is 4.83. The lowest BCUT2D eigenvalue weighted by molar-refractivity contribution is -0.146. The summed E-state index contributed by atoms with van der Waals surface area (Å²) in [6.07, 6.45) is 1.21. The molecule has 0 aromatic carbocycles. The van der Waals surface area contributed by atoms with Gasteiger partial charge in [-0.3, -0.25) is 9.59 Å². The van der Waals surface area contributed by atoms with Crippen LogP contribution in [-0.4, -0.2) is 40.7 Å². The Morgan fingerprint density at radius 2 is 2.06 bits per heavy atom. The molecule has 0 saturated heterocycles. The van der Waals surface area contributed by atoms with Gasteiger partial charge in [0.15, 0.2) is 5.12 Å². The highest BCUT2D eigenvalue weighted by atomic mass is 79.9. The number of hydrogen-bond donors (Lipinski definition) is 1. The second-order valence-corrected chi connectivity index (χ2v) is 5.35. The van der Waals surface area contributed by atoms with Gasteiger partial charge >= 0.3 is 5.97 Å². The fraction of sp³-hybridized carbons (Fsp3) is 0.727. The van der Waals surface area contributed by atoms with E-state index in [1.807, 2.05) is 0 Å². The van der Waals surface area contributed by atoms with Gasteiger partial charge in [0.25, 0.3) is 0 Å². The minimum Gasteiger partial charge on any atom is -0.464 e. The van der Waals surface area contributed by atoms with Gasteiger partial charge in [0.05, 0.1) is 6.61 Å². The SMILES string of the molecule is CCOC(=O)C(CSC(=O)CCCBr)NC(C)=O. The molecule has 0 aromatic rings. The summed E-state index contributed by atoms with van der Waals surface area (Å²) in [7, 11) is 0. The number of halogens is 1. The zero-order chi connectivity index (χ0) is 14.0. The fourth-order valence-electron chi connectivity index (χ4n) is 1.12. The van der Waals surface area contributed by atoms with Gasteiger partial charge in [-0.2, -0.15) is 0 Å². The maximum Gasteiger partial charge on any atom is 0.329 e. The predicted molar refractivity (Wildman–Crippen MR) is 74.7 cm³/mol. The smallest absolute Gasteiger partial charge is 0.329 e. The van der Waals surface area contributed by atoms with Crippen molar-refractivity contribution in [1.29, 1.82) is 0 Å². The van der Waals surface area contributed by atoms with Crippen LogP contribution in [0.5, 0.6) is 0 Å². The number of carbonyl (C=O) groups excluding carboxylic acids is 3. The monoisotopic (exact) mass is 339 g/mol. The maximum atomic E-state index is 11.5. The molecule has 1 N–H and O–H groups in total. The van der Waals surface area contributed by atoms with Gasteiger partial charge in [0, 0.05) is 24.4 Å². The lowest BCUT2D eigenvalue weighted by Gasteiger charge is -2.15. The van der Waals surface area contributed by atoms with Crippen LogP contribution in [-0.2, 0) is 19.1 Å². The van der Waals surface area contributed by atoms with Crippen molar-refractivity contribution in [2.24, 2.45) is 0 Å². The highest BCUT2D eigenvalue weighted by Crippen LogP contribution is 2.11. The number of amides is 1. The topological polar surface area (TPSA) is 72.5 Å². The van der Waals surface area contributed by atoms with E-state index in [2.05, 4.69) is 21.2 Å². The lowest BCUT2D eigenvalue weighted by atomic mass is 10.3. The molecule has 7 heteroatoms. The zero-order valence-corrected chi connectivity index (χ0v) is 12.9. The third kappa shape index (κ3) is 8.52. The van der Waals surface area contributed by atoms with E-state index in [9.17, 15) is 14.4 Å². The van der Waals surface area contributed by atoms with Crippen molar-refractivity contribution in [1.82, 2.24) is 5.32 Å². The highest BCUT2D eigenvalue weighted by Gasteiger charge is 2.21. The molecular formula is C11H18BrNO4S. The molecular weight excluding hydrogens is 322 g/mol. The van der Waals surface area contributed by atoms with Gasteiger partial charge in [-0.05, 0) is 13.3 Å². The first-order valence-electron chi connectivity index (χ1n) is 5.66. The molecule has 0 aliphatic heterocycles. The van der Waals surface area contributed by atoms with Gasteiger partial charge in [0.2, 0.25) is 5.91 Å². The number of nitrogens with one attached hydrogen (secondary N) is 1. The summed E-state index contributed by atoms with van der Waals surface area (Å²) in [4.78, 5) is 33.9. The molecule has 5 nitrogen and oxygen atoms in total. The number of thioether (sulfide) groups is 1. The van der Waals surface area contributed by atoms with Crippen LogP contribution < -0.4 is 5.32 Å². The van der Waals surface area contributed by atoms with Crippen molar-refractivity contribution in [2.75, 3.05) is 17.7 Å². The molecule has 1 unspecified atom stereocenters. The van der Waals surface area contributed by atoms with Crippen LogP contribution in [0.1, 0.15) is 26.7 Å². The Balaban J connectivity index is 4.19. The minimum absolute atomic E-state index is 0.00843. The lowest BCUT2D eigenvalue weighted by Crippen LogP contribution is -2.42. The second kappa shape index (κ2) is 10.4. The van der Waals surface area contributed by atoms with E-state index >= 15 is 0 Å². The largest absolute Gasteiger partial charge is 0.464 e. The van der Waals surface area contributed by atoms with E-state index in [1.54, 1.807) is 6.92 Å². The van der Waals surface area contributed by atoms with Crippen molar-refractivity contribution in [3.05, 3.63) is 0 Å². The molecule has 104 valence electrons. The van der Waals surface area contributed by atoms with Crippen LogP contribution >= 0.6 is 27.7 Å². The molecule has 18 heavy (non-hydrogen) atoms. The Hall–Kier alpha value is -0.560. The van der Waals surface area contributed by atoms with E-state index in [1.165, 1.54) is 6.92 Å². The summed E-state index contributed by atoms with van der Waals surface area (Å²) >= 11 is 4.29. The van der Waals surface area contributed by atoms with Crippen molar-refractivity contribution < 1.29 is 19.1 Å². The zero-order valence-electron chi connectivity index (χ0n) is 10.5.